The van der Waals surface area contributed by atoms with E-state index in [1.54, 1.807) is 12.1 Å². The standard InChI is InChI=1S/C14H20N6O/c1-9(15)10-5-7-20(8-6-10)14-17-13(18-19-14)11-3-2-4-12(21)16-11/h2-4,9-10H,5-8,15H2,1H3,(H,16,21)(H,17,18,19). The number of piperidine rings is 1. The van der Waals surface area contributed by atoms with Crippen LogP contribution in [0.5, 0.6) is 0 Å². The second kappa shape index (κ2) is 5.69. The minimum Gasteiger partial charge on any atom is -0.340 e. The zero-order valence-corrected chi connectivity index (χ0v) is 12.0. The van der Waals surface area contributed by atoms with Gasteiger partial charge in [-0.2, -0.15) is 4.98 Å². The second-order valence-electron chi connectivity index (χ2n) is 5.60. The van der Waals surface area contributed by atoms with Crippen LogP contribution in [0.25, 0.3) is 11.5 Å². The first-order valence-corrected chi connectivity index (χ1v) is 7.26. The Labute approximate surface area is 122 Å². The maximum Gasteiger partial charge on any atom is 0.248 e. The summed E-state index contributed by atoms with van der Waals surface area (Å²) in [5, 5.41) is 7.14. The molecule has 3 heterocycles. The molecule has 7 nitrogen and oxygen atoms in total. The number of rotatable bonds is 3. The number of anilines is 1. The Hall–Kier alpha value is -2.15. The molecule has 1 saturated heterocycles. The number of nitrogens with two attached hydrogens (primary N) is 1. The lowest BCUT2D eigenvalue weighted by atomic mass is 9.91. The van der Waals surface area contributed by atoms with E-state index in [1.807, 2.05) is 0 Å². The van der Waals surface area contributed by atoms with E-state index in [4.69, 9.17) is 5.73 Å². The van der Waals surface area contributed by atoms with E-state index in [1.165, 1.54) is 6.07 Å². The summed E-state index contributed by atoms with van der Waals surface area (Å²) in [6.07, 6.45) is 2.12. The number of hydrogen-bond acceptors (Lipinski definition) is 5. The fraction of sp³-hybridized carbons (Fsp3) is 0.500. The van der Waals surface area contributed by atoms with Crippen LogP contribution in [0.2, 0.25) is 0 Å². The number of nitrogens with zero attached hydrogens (tertiary/aromatic N) is 3. The molecule has 21 heavy (non-hydrogen) atoms. The Morgan fingerprint density at radius 1 is 1.38 bits per heavy atom. The third-order valence-corrected chi connectivity index (χ3v) is 4.06. The number of aromatic amines is 2. The molecule has 4 N–H and O–H groups in total. The Morgan fingerprint density at radius 2 is 2.14 bits per heavy atom. The number of pyridine rings is 1. The molecule has 0 aliphatic carbocycles. The van der Waals surface area contributed by atoms with Crippen molar-refractivity contribution in [2.45, 2.75) is 25.8 Å². The van der Waals surface area contributed by atoms with Crippen molar-refractivity contribution in [3.8, 4) is 11.5 Å². The monoisotopic (exact) mass is 288 g/mol. The van der Waals surface area contributed by atoms with Crippen molar-refractivity contribution >= 4 is 5.95 Å². The molecule has 1 aliphatic rings. The van der Waals surface area contributed by atoms with Gasteiger partial charge < -0.3 is 15.6 Å². The van der Waals surface area contributed by atoms with Crippen LogP contribution in [0.4, 0.5) is 5.95 Å². The molecule has 0 aromatic carbocycles. The minimum atomic E-state index is -0.150. The summed E-state index contributed by atoms with van der Waals surface area (Å²) in [6.45, 7) is 3.89. The third-order valence-electron chi connectivity index (χ3n) is 4.06. The summed E-state index contributed by atoms with van der Waals surface area (Å²) >= 11 is 0. The van der Waals surface area contributed by atoms with Crippen LogP contribution in [0.15, 0.2) is 23.0 Å². The fourth-order valence-corrected chi connectivity index (χ4v) is 2.73. The van der Waals surface area contributed by atoms with Crippen LogP contribution >= 0.6 is 0 Å². The SMILES string of the molecule is CC(N)C1CCN(c2n[nH]c(-c3cccc(=O)[nH]3)n2)CC1. The van der Waals surface area contributed by atoms with Crippen molar-refractivity contribution in [2.75, 3.05) is 18.0 Å². The Balaban J connectivity index is 1.73. The van der Waals surface area contributed by atoms with Crippen molar-refractivity contribution < 1.29 is 0 Å². The van der Waals surface area contributed by atoms with E-state index in [9.17, 15) is 4.79 Å². The molecule has 2 aromatic rings. The number of aromatic nitrogens is 4. The first-order chi connectivity index (χ1) is 10.1. The van der Waals surface area contributed by atoms with Gasteiger partial charge in [0, 0.05) is 25.2 Å². The van der Waals surface area contributed by atoms with Gasteiger partial charge in [0.15, 0.2) is 5.82 Å². The highest BCUT2D eigenvalue weighted by Crippen LogP contribution is 2.23. The lowest BCUT2D eigenvalue weighted by Gasteiger charge is -2.32. The molecule has 0 spiro atoms. The van der Waals surface area contributed by atoms with Crippen molar-refractivity contribution in [3.63, 3.8) is 0 Å². The minimum absolute atomic E-state index is 0.150. The van der Waals surface area contributed by atoms with Gasteiger partial charge in [-0.05, 0) is 31.7 Å². The topological polar surface area (TPSA) is 104 Å². The maximum absolute atomic E-state index is 11.3. The van der Waals surface area contributed by atoms with Gasteiger partial charge in [-0.15, -0.1) is 5.10 Å². The molecule has 1 aliphatic heterocycles. The van der Waals surface area contributed by atoms with Gasteiger partial charge in [-0.1, -0.05) is 6.07 Å². The van der Waals surface area contributed by atoms with Crippen molar-refractivity contribution in [2.24, 2.45) is 11.7 Å². The van der Waals surface area contributed by atoms with Gasteiger partial charge in [0.1, 0.15) is 0 Å². The van der Waals surface area contributed by atoms with Gasteiger partial charge in [0.05, 0.1) is 5.69 Å². The molecule has 3 rings (SSSR count). The van der Waals surface area contributed by atoms with Crippen LogP contribution < -0.4 is 16.2 Å². The highest BCUT2D eigenvalue weighted by atomic mass is 16.1. The van der Waals surface area contributed by atoms with Crippen LogP contribution in [0, 0.1) is 5.92 Å². The van der Waals surface area contributed by atoms with Gasteiger partial charge in [0.25, 0.3) is 0 Å². The third kappa shape index (κ3) is 2.97. The lowest BCUT2D eigenvalue weighted by molar-refractivity contribution is 0.352. The largest absolute Gasteiger partial charge is 0.340 e. The predicted octanol–water partition coefficient (Wildman–Crippen LogP) is 0.724. The molecule has 1 unspecified atom stereocenters. The van der Waals surface area contributed by atoms with Crippen molar-refractivity contribution in [3.05, 3.63) is 28.6 Å². The van der Waals surface area contributed by atoms with E-state index in [0.29, 0.717) is 23.4 Å². The van der Waals surface area contributed by atoms with E-state index in [0.717, 1.165) is 25.9 Å². The summed E-state index contributed by atoms with van der Waals surface area (Å²) in [5.74, 6) is 1.83. The highest BCUT2D eigenvalue weighted by molar-refractivity contribution is 5.50. The summed E-state index contributed by atoms with van der Waals surface area (Å²) in [5.41, 5.74) is 6.45. The van der Waals surface area contributed by atoms with Gasteiger partial charge in [0.2, 0.25) is 11.5 Å². The van der Waals surface area contributed by atoms with E-state index < -0.39 is 0 Å². The fourth-order valence-electron chi connectivity index (χ4n) is 2.73. The molecule has 7 heteroatoms. The molecular formula is C14H20N6O. The smallest absolute Gasteiger partial charge is 0.248 e. The predicted molar refractivity (Wildman–Crippen MR) is 81.0 cm³/mol. The summed E-state index contributed by atoms with van der Waals surface area (Å²) in [6, 6.07) is 5.21. The van der Waals surface area contributed by atoms with E-state index >= 15 is 0 Å². The normalized spacial score (nSPS) is 17.9. The van der Waals surface area contributed by atoms with Crippen molar-refractivity contribution in [1.82, 2.24) is 20.2 Å². The van der Waals surface area contributed by atoms with Crippen molar-refractivity contribution in [1.29, 1.82) is 0 Å². The van der Waals surface area contributed by atoms with Crippen LogP contribution in [-0.2, 0) is 0 Å². The van der Waals surface area contributed by atoms with Gasteiger partial charge >= 0.3 is 0 Å². The number of hydrogen-bond donors (Lipinski definition) is 3. The molecule has 2 aromatic heterocycles. The molecular weight excluding hydrogens is 268 g/mol. The Kier molecular flexibility index (Phi) is 3.74. The zero-order valence-electron chi connectivity index (χ0n) is 12.0. The lowest BCUT2D eigenvalue weighted by Crippen LogP contribution is -2.40. The van der Waals surface area contributed by atoms with Gasteiger partial charge in [-0.25, -0.2) is 0 Å². The highest BCUT2D eigenvalue weighted by Gasteiger charge is 2.24. The average molecular weight is 288 g/mol. The molecule has 112 valence electrons. The summed E-state index contributed by atoms with van der Waals surface area (Å²) < 4.78 is 0. The van der Waals surface area contributed by atoms with Crippen LogP contribution in [0.3, 0.4) is 0 Å². The summed E-state index contributed by atoms with van der Waals surface area (Å²) in [7, 11) is 0. The van der Waals surface area contributed by atoms with Gasteiger partial charge in [-0.3, -0.25) is 9.89 Å². The molecule has 0 radical (unpaired) electrons. The average Bonchev–Trinajstić information content (AvgIpc) is 2.97. The zero-order chi connectivity index (χ0) is 14.8. The van der Waals surface area contributed by atoms with E-state index in [2.05, 4.69) is 32.0 Å². The molecule has 0 bridgehead atoms. The van der Waals surface area contributed by atoms with Crippen LogP contribution in [0.1, 0.15) is 19.8 Å². The number of nitrogens with one attached hydrogen (secondary N) is 2. The first-order valence-electron chi connectivity index (χ1n) is 7.26. The maximum atomic E-state index is 11.3. The molecule has 0 saturated carbocycles. The van der Waals surface area contributed by atoms with E-state index in [-0.39, 0.29) is 11.6 Å². The second-order valence-corrected chi connectivity index (χ2v) is 5.60. The Morgan fingerprint density at radius 3 is 2.81 bits per heavy atom. The molecule has 1 fully saturated rings. The quantitative estimate of drug-likeness (QED) is 0.772. The summed E-state index contributed by atoms with van der Waals surface area (Å²) in [4.78, 5) is 20.7. The number of H-pyrrole nitrogens is 2. The first kappa shape index (κ1) is 13.8. The Bertz CT molecular complexity index is 653. The molecule has 0 amide bonds. The van der Waals surface area contributed by atoms with Crippen LogP contribution in [-0.4, -0.2) is 39.3 Å². The molecule has 1 atom stereocenters.